The molecule has 5 rings (SSSR count). The summed E-state index contributed by atoms with van der Waals surface area (Å²) in [5.41, 5.74) is 4.01. The Balaban J connectivity index is 1.32. The molecule has 1 fully saturated rings. The summed E-state index contributed by atoms with van der Waals surface area (Å²) in [5, 5.41) is 14.0. The third kappa shape index (κ3) is 3.83. The highest BCUT2D eigenvalue weighted by molar-refractivity contribution is 5.90. The van der Waals surface area contributed by atoms with Gasteiger partial charge < -0.3 is 5.32 Å². The van der Waals surface area contributed by atoms with Crippen molar-refractivity contribution in [2.75, 3.05) is 5.32 Å². The quantitative estimate of drug-likeness (QED) is 0.542. The summed E-state index contributed by atoms with van der Waals surface area (Å²) in [6, 6.07) is 16.1. The van der Waals surface area contributed by atoms with Crippen LogP contribution in [-0.2, 0) is 0 Å². The SMILES string of the molecule is Cc1cc(C)n(-c2ccc(=O)n(C3CCC(Nc4ccnc5ccccc45)CC3)n2)n1. The van der Waals surface area contributed by atoms with Crippen LogP contribution in [0.2, 0.25) is 0 Å². The number of benzene rings is 1. The van der Waals surface area contributed by atoms with Gasteiger partial charge in [-0.15, -0.1) is 5.10 Å². The number of fused-ring (bicyclic) bond motifs is 1. The van der Waals surface area contributed by atoms with Gasteiger partial charge in [0.05, 0.1) is 17.3 Å². The lowest BCUT2D eigenvalue weighted by Gasteiger charge is -2.30. The highest BCUT2D eigenvalue weighted by Gasteiger charge is 2.24. The van der Waals surface area contributed by atoms with Crippen molar-refractivity contribution < 1.29 is 0 Å². The monoisotopic (exact) mass is 414 g/mol. The zero-order valence-corrected chi connectivity index (χ0v) is 17.8. The van der Waals surface area contributed by atoms with Gasteiger partial charge in [-0.3, -0.25) is 9.78 Å². The van der Waals surface area contributed by atoms with Crippen molar-refractivity contribution in [1.29, 1.82) is 0 Å². The van der Waals surface area contributed by atoms with Crippen LogP contribution in [0.15, 0.2) is 59.5 Å². The zero-order valence-electron chi connectivity index (χ0n) is 17.8. The van der Waals surface area contributed by atoms with Crippen LogP contribution in [-0.4, -0.2) is 30.6 Å². The van der Waals surface area contributed by atoms with E-state index in [1.807, 2.05) is 50.4 Å². The Morgan fingerprint density at radius 1 is 0.968 bits per heavy atom. The number of hydrogen-bond acceptors (Lipinski definition) is 5. The van der Waals surface area contributed by atoms with Crippen molar-refractivity contribution in [3.63, 3.8) is 0 Å². The Bertz CT molecular complexity index is 1280. The Morgan fingerprint density at radius 3 is 2.55 bits per heavy atom. The minimum atomic E-state index is -0.0539. The van der Waals surface area contributed by atoms with E-state index in [0.717, 1.165) is 53.7 Å². The van der Waals surface area contributed by atoms with Gasteiger partial charge in [0.25, 0.3) is 5.56 Å². The van der Waals surface area contributed by atoms with Crippen LogP contribution < -0.4 is 10.9 Å². The van der Waals surface area contributed by atoms with Gasteiger partial charge in [0.15, 0.2) is 5.82 Å². The molecule has 0 amide bonds. The van der Waals surface area contributed by atoms with Crippen LogP contribution in [0.25, 0.3) is 16.7 Å². The molecule has 0 spiro atoms. The summed E-state index contributed by atoms with van der Waals surface area (Å²) in [6.45, 7) is 3.95. The van der Waals surface area contributed by atoms with Gasteiger partial charge in [0.2, 0.25) is 0 Å². The molecule has 3 heterocycles. The van der Waals surface area contributed by atoms with Gasteiger partial charge in [-0.25, -0.2) is 9.36 Å². The fourth-order valence-electron chi connectivity index (χ4n) is 4.56. The second-order valence-corrected chi connectivity index (χ2v) is 8.34. The second kappa shape index (κ2) is 7.98. The van der Waals surface area contributed by atoms with Gasteiger partial charge >= 0.3 is 0 Å². The van der Waals surface area contributed by atoms with Crippen molar-refractivity contribution in [3.8, 4) is 5.82 Å². The largest absolute Gasteiger partial charge is 0.382 e. The Morgan fingerprint density at radius 2 is 1.77 bits per heavy atom. The van der Waals surface area contributed by atoms with Crippen LogP contribution >= 0.6 is 0 Å². The smallest absolute Gasteiger partial charge is 0.267 e. The third-order valence-electron chi connectivity index (χ3n) is 6.09. The van der Waals surface area contributed by atoms with Gasteiger partial charge in [0, 0.05) is 35.1 Å². The minimum absolute atomic E-state index is 0.0539. The van der Waals surface area contributed by atoms with Crippen LogP contribution in [0.4, 0.5) is 5.69 Å². The van der Waals surface area contributed by atoms with Crippen molar-refractivity contribution in [2.45, 2.75) is 51.6 Å². The zero-order chi connectivity index (χ0) is 21.4. The van der Waals surface area contributed by atoms with Crippen molar-refractivity contribution in [3.05, 3.63) is 76.5 Å². The predicted molar refractivity (Wildman–Crippen MR) is 122 cm³/mol. The van der Waals surface area contributed by atoms with Crippen LogP contribution in [0.5, 0.6) is 0 Å². The molecule has 0 bridgehead atoms. The number of aromatic nitrogens is 5. The molecule has 0 aliphatic heterocycles. The van der Waals surface area contributed by atoms with Crippen LogP contribution in [0, 0.1) is 13.8 Å². The number of anilines is 1. The predicted octanol–water partition coefficient (Wildman–Crippen LogP) is 4.19. The first kappa shape index (κ1) is 19.5. The van der Waals surface area contributed by atoms with Crippen LogP contribution in [0.3, 0.4) is 0 Å². The van der Waals surface area contributed by atoms with E-state index in [9.17, 15) is 4.79 Å². The minimum Gasteiger partial charge on any atom is -0.382 e. The van der Waals surface area contributed by atoms with E-state index in [1.54, 1.807) is 21.5 Å². The average Bonchev–Trinajstić information content (AvgIpc) is 3.13. The van der Waals surface area contributed by atoms with Gasteiger partial charge in [-0.2, -0.15) is 5.10 Å². The van der Waals surface area contributed by atoms with E-state index in [2.05, 4.69) is 26.6 Å². The molecule has 1 aliphatic carbocycles. The number of nitrogens with one attached hydrogen (secondary N) is 1. The van der Waals surface area contributed by atoms with Crippen molar-refractivity contribution >= 4 is 16.6 Å². The molecule has 31 heavy (non-hydrogen) atoms. The lowest BCUT2D eigenvalue weighted by Crippen LogP contribution is -2.33. The molecule has 0 saturated heterocycles. The van der Waals surface area contributed by atoms with Gasteiger partial charge in [-0.05, 0) is 63.8 Å². The third-order valence-corrected chi connectivity index (χ3v) is 6.09. The molecule has 7 nitrogen and oxygen atoms in total. The summed E-state index contributed by atoms with van der Waals surface area (Å²) < 4.78 is 3.46. The fourth-order valence-corrected chi connectivity index (χ4v) is 4.56. The average molecular weight is 415 g/mol. The number of pyridine rings is 1. The molecule has 1 saturated carbocycles. The molecule has 0 unspecified atom stereocenters. The Hall–Kier alpha value is -3.48. The van der Waals surface area contributed by atoms with E-state index in [0.29, 0.717) is 11.9 Å². The summed E-state index contributed by atoms with van der Waals surface area (Å²) in [4.78, 5) is 17.0. The van der Waals surface area contributed by atoms with E-state index in [1.165, 1.54) is 0 Å². The Kier molecular flexibility index (Phi) is 5.02. The normalized spacial score (nSPS) is 18.9. The molecule has 3 aromatic heterocycles. The molecule has 1 N–H and O–H groups in total. The van der Waals surface area contributed by atoms with E-state index in [-0.39, 0.29) is 11.6 Å². The number of rotatable bonds is 4. The van der Waals surface area contributed by atoms with Crippen LogP contribution in [0.1, 0.15) is 43.1 Å². The molecule has 4 aromatic rings. The summed E-state index contributed by atoms with van der Waals surface area (Å²) >= 11 is 0. The lowest BCUT2D eigenvalue weighted by atomic mass is 9.91. The molecule has 1 aromatic carbocycles. The maximum atomic E-state index is 12.6. The van der Waals surface area contributed by atoms with E-state index in [4.69, 9.17) is 0 Å². The molecule has 0 radical (unpaired) electrons. The summed E-state index contributed by atoms with van der Waals surface area (Å²) in [6.07, 6.45) is 5.64. The number of aryl methyl sites for hydroxylation is 2. The number of para-hydroxylation sites is 1. The van der Waals surface area contributed by atoms with Crippen molar-refractivity contribution in [2.24, 2.45) is 0 Å². The molecule has 1 aliphatic rings. The van der Waals surface area contributed by atoms with Gasteiger partial charge in [-0.1, -0.05) is 18.2 Å². The topological polar surface area (TPSA) is 77.6 Å². The molecule has 7 heteroatoms. The maximum Gasteiger partial charge on any atom is 0.267 e. The number of hydrogen-bond donors (Lipinski definition) is 1. The van der Waals surface area contributed by atoms with E-state index < -0.39 is 0 Å². The van der Waals surface area contributed by atoms with E-state index >= 15 is 0 Å². The lowest BCUT2D eigenvalue weighted by molar-refractivity contribution is 0.303. The maximum absolute atomic E-state index is 12.6. The highest BCUT2D eigenvalue weighted by Crippen LogP contribution is 2.30. The fraction of sp³-hybridized carbons (Fsp3) is 0.333. The molecule has 0 atom stereocenters. The van der Waals surface area contributed by atoms with Crippen molar-refractivity contribution in [1.82, 2.24) is 24.5 Å². The molecule has 158 valence electrons. The molecular weight excluding hydrogens is 388 g/mol. The Labute approximate surface area is 180 Å². The number of nitrogens with zero attached hydrogens (tertiary/aromatic N) is 5. The first-order chi connectivity index (χ1) is 15.1. The second-order valence-electron chi connectivity index (χ2n) is 8.34. The standard InChI is InChI=1S/C24H26N6O/c1-16-15-17(2)29(27-16)23-11-12-24(31)30(28-23)19-9-7-18(8-10-19)26-22-13-14-25-21-6-4-3-5-20(21)22/h3-6,11-15,18-19H,7-10H2,1-2H3,(H,25,26). The van der Waals surface area contributed by atoms with Gasteiger partial charge in [0.1, 0.15) is 0 Å². The first-order valence-corrected chi connectivity index (χ1v) is 10.8. The summed E-state index contributed by atoms with van der Waals surface area (Å²) in [5.74, 6) is 0.689. The first-order valence-electron chi connectivity index (χ1n) is 10.8. The highest BCUT2D eigenvalue weighted by atomic mass is 16.1. The summed E-state index contributed by atoms with van der Waals surface area (Å²) in [7, 11) is 0. The molecular formula is C24H26N6O.